The predicted octanol–water partition coefficient (Wildman–Crippen LogP) is -0.260. The molecule has 0 radical (unpaired) electrons. The quantitative estimate of drug-likeness (QED) is 0.426. The minimum atomic E-state index is -0.811. The number of amides is 1. The van der Waals surface area contributed by atoms with Crippen LogP contribution in [0.5, 0.6) is 0 Å². The maximum absolute atomic E-state index is 12.9. The third kappa shape index (κ3) is 4.62. The summed E-state index contributed by atoms with van der Waals surface area (Å²) in [5.41, 5.74) is 1.64. The van der Waals surface area contributed by atoms with E-state index in [1.54, 1.807) is 12.1 Å². The van der Waals surface area contributed by atoms with E-state index < -0.39 is 29.5 Å². The van der Waals surface area contributed by atoms with E-state index in [4.69, 9.17) is 14.8 Å². The molecule has 0 saturated carbocycles. The van der Waals surface area contributed by atoms with Crippen LogP contribution in [0.25, 0.3) is 0 Å². The molecule has 1 aliphatic rings. The maximum Gasteiger partial charge on any atom is 0.358 e. The summed E-state index contributed by atoms with van der Waals surface area (Å²) in [5, 5.41) is 11.7. The van der Waals surface area contributed by atoms with Crippen LogP contribution in [-0.4, -0.2) is 54.2 Å². The molecular weight excluding hydrogens is 382 g/mol. The maximum atomic E-state index is 12.9. The van der Waals surface area contributed by atoms with Gasteiger partial charge in [-0.25, -0.2) is 4.79 Å². The summed E-state index contributed by atoms with van der Waals surface area (Å²) in [5.74, 6) is -1.46. The van der Waals surface area contributed by atoms with E-state index in [1.165, 1.54) is 19.2 Å². The number of methoxy groups -OCH3 is 1. The topological polar surface area (TPSA) is 128 Å². The molecule has 0 bridgehead atoms. The van der Waals surface area contributed by atoms with Crippen molar-refractivity contribution in [2.75, 3.05) is 20.3 Å². The molecule has 0 unspecified atom stereocenters. The highest BCUT2D eigenvalue weighted by Crippen LogP contribution is 2.08. The Bertz CT molecular complexity index is 929. The molecule has 2 aromatic rings. The first-order chi connectivity index (χ1) is 14.0. The van der Waals surface area contributed by atoms with Gasteiger partial charge in [-0.15, -0.1) is 4.73 Å². The highest BCUT2D eigenvalue weighted by molar-refractivity contribution is 5.95. The molecule has 10 nitrogen and oxygen atoms in total. The minimum Gasteiger partial charge on any atom is -0.464 e. The third-order valence-corrected chi connectivity index (χ3v) is 4.45. The van der Waals surface area contributed by atoms with Crippen molar-refractivity contribution >= 4 is 11.9 Å². The van der Waals surface area contributed by atoms with Crippen LogP contribution in [-0.2, 0) is 16.1 Å². The molecule has 2 atom stereocenters. The Morgan fingerprint density at radius 1 is 1.17 bits per heavy atom. The third-order valence-electron chi connectivity index (χ3n) is 4.45. The number of hydroxylamine groups is 1. The summed E-state index contributed by atoms with van der Waals surface area (Å²) in [7, 11) is 1.18. The average molecular weight is 403 g/mol. The molecule has 29 heavy (non-hydrogen) atoms. The van der Waals surface area contributed by atoms with E-state index in [9.17, 15) is 14.4 Å². The van der Waals surface area contributed by atoms with Crippen LogP contribution in [0.15, 0.2) is 47.3 Å². The van der Waals surface area contributed by atoms with E-state index >= 15 is 0 Å². The average Bonchev–Trinajstić information content (AvgIpc) is 3.19. The Hall–Kier alpha value is -3.21. The van der Waals surface area contributed by atoms with Crippen LogP contribution >= 0.6 is 0 Å². The number of aromatic nitrogens is 1. The molecule has 1 saturated heterocycles. The van der Waals surface area contributed by atoms with Gasteiger partial charge in [0.15, 0.2) is 5.69 Å². The van der Waals surface area contributed by atoms with Gasteiger partial charge in [0.25, 0.3) is 11.5 Å². The summed E-state index contributed by atoms with van der Waals surface area (Å²) >= 11 is 0. The van der Waals surface area contributed by atoms with Gasteiger partial charge in [0.1, 0.15) is 12.2 Å². The summed E-state index contributed by atoms with van der Waals surface area (Å²) < 4.78 is 10.6. The Balaban J connectivity index is 1.87. The fraction of sp³-hybridized carbons (Fsp3) is 0.316. The number of nitrogens with one attached hydrogen (secondary N) is 2. The van der Waals surface area contributed by atoms with E-state index in [0.717, 1.165) is 10.3 Å². The van der Waals surface area contributed by atoms with Gasteiger partial charge in [0.2, 0.25) is 0 Å². The molecule has 10 heteroatoms. The van der Waals surface area contributed by atoms with Crippen LogP contribution in [0.1, 0.15) is 26.4 Å². The lowest BCUT2D eigenvalue weighted by molar-refractivity contribution is 0.0455. The van der Waals surface area contributed by atoms with Crippen LogP contribution in [0.2, 0.25) is 0 Å². The molecule has 154 valence electrons. The first-order valence-corrected chi connectivity index (χ1v) is 8.85. The van der Waals surface area contributed by atoms with Gasteiger partial charge in [0.05, 0.1) is 32.4 Å². The second-order valence-electron chi connectivity index (χ2n) is 6.34. The standard InChI is InChI=1S/C19H21N3O7/c1-27-19(25)16-8-7-13(17(23)20-14-10-28-11-15(14)21-26)18(24)22(16)29-9-12-5-3-2-4-6-12/h2-8,14-15,21,26H,9-11H2,1H3,(H,20,23)/t14-,15+/m1/s1. The Morgan fingerprint density at radius 3 is 2.59 bits per heavy atom. The van der Waals surface area contributed by atoms with Crippen molar-refractivity contribution in [3.8, 4) is 0 Å². The second-order valence-corrected chi connectivity index (χ2v) is 6.34. The predicted molar refractivity (Wildman–Crippen MR) is 99.6 cm³/mol. The van der Waals surface area contributed by atoms with Gasteiger partial charge in [-0.2, -0.15) is 5.48 Å². The number of pyridine rings is 1. The van der Waals surface area contributed by atoms with Crippen molar-refractivity contribution in [3.63, 3.8) is 0 Å². The lowest BCUT2D eigenvalue weighted by Gasteiger charge is -2.18. The van der Waals surface area contributed by atoms with Crippen LogP contribution < -0.4 is 21.2 Å². The van der Waals surface area contributed by atoms with Gasteiger partial charge in [0, 0.05) is 0 Å². The van der Waals surface area contributed by atoms with Crippen LogP contribution in [0.3, 0.4) is 0 Å². The number of carbonyl (C=O) groups is 2. The van der Waals surface area contributed by atoms with Crippen LogP contribution in [0, 0.1) is 0 Å². The number of hydrogen-bond acceptors (Lipinski definition) is 8. The number of rotatable bonds is 7. The molecule has 2 heterocycles. The van der Waals surface area contributed by atoms with Gasteiger partial charge in [-0.1, -0.05) is 30.3 Å². The van der Waals surface area contributed by atoms with Gasteiger partial charge in [-0.3, -0.25) is 9.59 Å². The zero-order valence-electron chi connectivity index (χ0n) is 15.7. The lowest BCUT2D eigenvalue weighted by Crippen LogP contribution is -2.49. The molecule has 3 N–H and O–H groups in total. The Kier molecular flexibility index (Phi) is 6.60. The summed E-state index contributed by atoms with van der Waals surface area (Å²) in [6, 6.07) is 10.5. The number of esters is 1. The monoisotopic (exact) mass is 403 g/mol. The van der Waals surface area contributed by atoms with Gasteiger partial charge >= 0.3 is 5.97 Å². The van der Waals surface area contributed by atoms with Crippen molar-refractivity contribution in [2.45, 2.75) is 18.7 Å². The van der Waals surface area contributed by atoms with Gasteiger partial charge in [-0.05, 0) is 17.7 Å². The first kappa shape index (κ1) is 20.5. The highest BCUT2D eigenvalue weighted by Gasteiger charge is 2.30. The molecule has 1 aliphatic heterocycles. The van der Waals surface area contributed by atoms with Crippen molar-refractivity contribution in [1.29, 1.82) is 0 Å². The largest absolute Gasteiger partial charge is 0.464 e. The summed E-state index contributed by atoms with van der Waals surface area (Å²) in [6.45, 7) is 0.402. The van der Waals surface area contributed by atoms with E-state index in [-0.39, 0.29) is 31.1 Å². The van der Waals surface area contributed by atoms with Crippen molar-refractivity contribution < 1.29 is 29.1 Å². The number of nitrogens with zero attached hydrogens (tertiary/aromatic N) is 1. The van der Waals surface area contributed by atoms with Gasteiger partial charge < -0.3 is 24.8 Å². The molecule has 1 fully saturated rings. The molecule has 0 aliphatic carbocycles. The number of benzene rings is 1. The van der Waals surface area contributed by atoms with Crippen molar-refractivity contribution in [3.05, 3.63) is 69.6 Å². The molecule has 1 amide bonds. The summed E-state index contributed by atoms with van der Waals surface area (Å²) in [4.78, 5) is 43.0. The second kappa shape index (κ2) is 9.32. The fourth-order valence-electron chi connectivity index (χ4n) is 2.86. The van der Waals surface area contributed by atoms with Crippen molar-refractivity contribution in [2.24, 2.45) is 0 Å². The first-order valence-electron chi connectivity index (χ1n) is 8.85. The zero-order valence-corrected chi connectivity index (χ0v) is 15.7. The van der Waals surface area contributed by atoms with Crippen LogP contribution in [0.4, 0.5) is 0 Å². The number of carbonyl (C=O) groups excluding carboxylic acids is 2. The van der Waals surface area contributed by atoms with E-state index in [1.807, 2.05) is 18.2 Å². The van der Waals surface area contributed by atoms with Crippen molar-refractivity contribution in [1.82, 2.24) is 15.5 Å². The fourth-order valence-corrected chi connectivity index (χ4v) is 2.86. The summed E-state index contributed by atoms with van der Waals surface area (Å²) in [6.07, 6.45) is 0. The lowest BCUT2D eigenvalue weighted by atomic mass is 10.1. The molecule has 0 spiro atoms. The molecule has 3 rings (SSSR count). The van der Waals surface area contributed by atoms with E-state index in [2.05, 4.69) is 15.5 Å². The normalized spacial score (nSPS) is 18.3. The minimum absolute atomic E-state index is 0.00276. The number of hydrogen-bond donors (Lipinski definition) is 3. The Labute approximate surface area is 165 Å². The molecule has 1 aromatic heterocycles. The molecule has 1 aromatic carbocycles. The zero-order chi connectivity index (χ0) is 20.8. The highest BCUT2D eigenvalue weighted by atomic mass is 16.7. The Morgan fingerprint density at radius 2 is 1.90 bits per heavy atom. The molecular formula is C19H21N3O7. The smallest absolute Gasteiger partial charge is 0.358 e. The SMILES string of the molecule is COC(=O)c1ccc(C(=O)N[C@@H]2COC[C@@H]2NO)c(=O)n1OCc1ccccc1. The number of ether oxygens (including phenoxy) is 2. The van der Waals surface area contributed by atoms with E-state index in [0.29, 0.717) is 0 Å².